The molecule has 0 aromatic heterocycles. The number of anilines is 1. The highest BCUT2D eigenvalue weighted by atomic mass is 16.6. The van der Waals surface area contributed by atoms with Gasteiger partial charge in [0.2, 0.25) is 5.91 Å². The van der Waals surface area contributed by atoms with Crippen molar-refractivity contribution in [1.82, 2.24) is 4.90 Å². The van der Waals surface area contributed by atoms with E-state index in [0.29, 0.717) is 25.7 Å². The van der Waals surface area contributed by atoms with Crippen LogP contribution in [0.2, 0.25) is 0 Å². The second-order valence-corrected chi connectivity index (χ2v) is 11.8. The van der Waals surface area contributed by atoms with Crippen LogP contribution in [0, 0.1) is 31.6 Å². The topological polar surface area (TPSA) is 96.4 Å². The number of hydrogen-bond donors (Lipinski definition) is 1. The molecule has 2 bridgehead atoms. The highest BCUT2D eigenvalue weighted by molar-refractivity contribution is 6.05. The summed E-state index contributed by atoms with van der Waals surface area (Å²) in [5.41, 5.74) is 0.644. The third-order valence-electron chi connectivity index (χ3n) is 8.97. The zero-order valence-electron chi connectivity index (χ0n) is 24.2. The van der Waals surface area contributed by atoms with Gasteiger partial charge in [0.25, 0.3) is 5.91 Å². The molecule has 4 rings (SSSR count). The van der Waals surface area contributed by atoms with Crippen molar-refractivity contribution in [3.63, 3.8) is 0 Å². The first-order chi connectivity index (χ1) is 18.5. The number of aliphatic hydroxyl groups is 1. The number of amides is 2. The normalized spacial score (nSPS) is 30.0. The van der Waals surface area contributed by atoms with Gasteiger partial charge in [-0.05, 0) is 69.6 Å². The fourth-order valence-electron chi connectivity index (χ4n) is 7.33. The molecule has 1 aromatic carbocycles. The molecule has 1 aromatic rings. The Bertz CT molecular complexity index is 1130. The molecule has 3 aliphatic rings. The van der Waals surface area contributed by atoms with Crippen molar-refractivity contribution in [3.05, 3.63) is 42.0 Å². The second-order valence-electron chi connectivity index (χ2n) is 11.8. The molecule has 0 radical (unpaired) electrons. The number of esters is 1. The van der Waals surface area contributed by atoms with E-state index < -0.39 is 41.1 Å². The van der Waals surface area contributed by atoms with Gasteiger partial charge in [0.15, 0.2) is 0 Å². The summed E-state index contributed by atoms with van der Waals surface area (Å²) < 4.78 is 12.3. The Morgan fingerprint density at radius 2 is 2.00 bits per heavy atom. The summed E-state index contributed by atoms with van der Waals surface area (Å²) in [6.07, 6.45) is 3.77. The van der Waals surface area contributed by atoms with E-state index in [1.54, 1.807) is 22.8 Å². The molecule has 1 spiro atoms. The molecular weight excluding hydrogens is 496 g/mol. The number of nitrogens with zero attached hydrogens (tertiary/aromatic N) is 2. The molecule has 3 aliphatic heterocycles. The second kappa shape index (κ2) is 11.0. The summed E-state index contributed by atoms with van der Waals surface area (Å²) in [6, 6.07) is 4.36. The quantitative estimate of drug-likeness (QED) is 0.337. The molecule has 3 heterocycles. The highest BCUT2D eigenvalue weighted by Gasteiger charge is 2.79. The largest absolute Gasteiger partial charge is 0.466 e. The van der Waals surface area contributed by atoms with Gasteiger partial charge in [-0.1, -0.05) is 39.0 Å². The van der Waals surface area contributed by atoms with Crippen LogP contribution in [-0.2, 0) is 23.9 Å². The molecule has 3 fully saturated rings. The number of carbonyl (C=O) groups is 3. The van der Waals surface area contributed by atoms with Gasteiger partial charge in [-0.3, -0.25) is 14.4 Å². The zero-order chi connectivity index (χ0) is 28.7. The van der Waals surface area contributed by atoms with Crippen LogP contribution in [0.4, 0.5) is 5.69 Å². The molecule has 214 valence electrons. The van der Waals surface area contributed by atoms with Crippen molar-refractivity contribution in [2.75, 3.05) is 24.7 Å². The lowest BCUT2D eigenvalue weighted by Crippen LogP contribution is -2.59. The van der Waals surface area contributed by atoms with Crippen LogP contribution in [0.5, 0.6) is 0 Å². The summed E-state index contributed by atoms with van der Waals surface area (Å²) in [4.78, 5) is 45.8. The van der Waals surface area contributed by atoms with Gasteiger partial charge in [0, 0.05) is 12.2 Å². The minimum absolute atomic E-state index is 0.173. The Labute approximate surface area is 232 Å². The van der Waals surface area contributed by atoms with Gasteiger partial charge in [-0.15, -0.1) is 6.58 Å². The minimum atomic E-state index is -1.18. The van der Waals surface area contributed by atoms with E-state index in [1.165, 1.54) is 0 Å². The number of likely N-dealkylation sites (tertiary alicyclic amines) is 1. The molecule has 8 nitrogen and oxygen atoms in total. The standard InChI is InChI=1S/C31H44N2O6/c1-8-15-32(23-17-20(6)11-12-21(23)7)28(36)26-31-14-13-30(9-2,39-31)25(29(37)38-10-3)24(31)27(35)33(26)22(18-34)16-19(4)5/h8,11-12,17,19,22,24-26,34H,1,9-10,13-16,18H2,2-7H3/t22-,24+,25+,26?,30-,31?/m1/s1. The summed E-state index contributed by atoms with van der Waals surface area (Å²) in [5, 5.41) is 10.5. The molecule has 2 unspecified atom stereocenters. The zero-order valence-corrected chi connectivity index (χ0v) is 24.2. The Balaban J connectivity index is 1.90. The number of ether oxygens (including phenoxy) is 2. The van der Waals surface area contributed by atoms with E-state index in [9.17, 15) is 19.5 Å². The first kappa shape index (κ1) is 29.3. The van der Waals surface area contributed by atoms with E-state index in [1.807, 2.05) is 52.8 Å². The summed E-state index contributed by atoms with van der Waals surface area (Å²) >= 11 is 0. The number of aryl methyl sites for hydroxylation is 2. The van der Waals surface area contributed by atoms with Gasteiger partial charge in [0.05, 0.1) is 30.8 Å². The molecule has 39 heavy (non-hydrogen) atoms. The predicted octanol–water partition coefficient (Wildman–Crippen LogP) is 3.95. The Morgan fingerprint density at radius 3 is 2.59 bits per heavy atom. The smallest absolute Gasteiger partial charge is 0.312 e. The number of fused-ring (bicyclic) bond motifs is 1. The van der Waals surface area contributed by atoms with Crippen LogP contribution in [0.25, 0.3) is 0 Å². The van der Waals surface area contributed by atoms with Crippen LogP contribution < -0.4 is 4.90 Å². The van der Waals surface area contributed by atoms with Gasteiger partial charge in [-0.2, -0.15) is 0 Å². The maximum atomic E-state index is 14.8. The predicted molar refractivity (Wildman–Crippen MR) is 149 cm³/mol. The number of aliphatic hydroxyl groups excluding tert-OH is 1. The Morgan fingerprint density at radius 1 is 1.28 bits per heavy atom. The average Bonchev–Trinajstić information content (AvgIpc) is 3.50. The lowest BCUT2D eigenvalue weighted by molar-refractivity contribution is -0.161. The summed E-state index contributed by atoms with van der Waals surface area (Å²) in [6.45, 7) is 15.7. The van der Waals surface area contributed by atoms with Crippen molar-refractivity contribution in [1.29, 1.82) is 0 Å². The SMILES string of the molecule is C=CCN(C(=O)C1N([C@@H](CO)CC(C)C)C(=O)[C@@H]2[C@@H](C(=O)OCC)[C@@]3(CC)CCC12O3)c1cc(C)ccc1C. The maximum Gasteiger partial charge on any atom is 0.312 e. The number of benzene rings is 1. The van der Waals surface area contributed by atoms with E-state index >= 15 is 0 Å². The van der Waals surface area contributed by atoms with Gasteiger partial charge >= 0.3 is 5.97 Å². The number of rotatable bonds is 11. The maximum absolute atomic E-state index is 14.8. The first-order valence-electron chi connectivity index (χ1n) is 14.3. The van der Waals surface area contributed by atoms with Crippen molar-refractivity contribution >= 4 is 23.5 Å². The fourth-order valence-corrected chi connectivity index (χ4v) is 7.33. The molecule has 8 heteroatoms. The molecule has 0 saturated carbocycles. The van der Waals surface area contributed by atoms with Crippen molar-refractivity contribution in [2.24, 2.45) is 17.8 Å². The molecule has 1 N–H and O–H groups in total. The van der Waals surface area contributed by atoms with Gasteiger partial charge < -0.3 is 24.4 Å². The summed E-state index contributed by atoms with van der Waals surface area (Å²) in [7, 11) is 0. The van der Waals surface area contributed by atoms with Crippen LogP contribution in [0.3, 0.4) is 0 Å². The average molecular weight is 541 g/mol. The third-order valence-corrected chi connectivity index (χ3v) is 8.97. The molecule has 2 amide bonds. The van der Waals surface area contributed by atoms with E-state index in [0.717, 1.165) is 16.8 Å². The van der Waals surface area contributed by atoms with Crippen LogP contribution in [0.1, 0.15) is 64.5 Å². The molecule has 0 aliphatic carbocycles. The Hall–Kier alpha value is -2.71. The van der Waals surface area contributed by atoms with Crippen molar-refractivity contribution < 1.29 is 29.0 Å². The third kappa shape index (κ3) is 4.59. The molecular formula is C31H44N2O6. The lowest BCUT2D eigenvalue weighted by Gasteiger charge is -2.40. The first-order valence-corrected chi connectivity index (χ1v) is 14.3. The van der Waals surface area contributed by atoms with E-state index in [4.69, 9.17) is 9.47 Å². The van der Waals surface area contributed by atoms with Gasteiger partial charge in [-0.25, -0.2) is 0 Å². The van der Waals surface area contributed by atoms with E-state index in [-0.39, 0.29) is 37.5 Å². The van der Waals surface area contributed by atoms with Crippen molar-refractivity contribution in [3.8, 4) is 0 Å². The minimum Gasteiger partial charge on any atom is -0.466 e. The van der Waals surface area contributed by atoms with Crippen LogP contribution in [0.15, 0.2) is 30.9 Å². The van der Waals surface area contributed by atoms with Crippen LogP contribution >= 0.6 is 0 Å². The lowest BCUT2D eigenvalue weighted by atomic mass is 9.65. The van der Waals surface area contributed by atoms with Crippen molar-refractivity contribution in [2.45, 2.75) is 90.5 Å². The monoisotopic (exact) mass is 540 g/mol. The number of carbonyl (C=O) groups excluding carboxylic acids is 3. The van der Waals surface area contributed by atoms with Crippen LogP contribution in [-0.4, -0.2) is 70.8 Å². The Kier molecular flexibility index (Phi) is 8.29. The molecule has 6 atom stereocenters. The number of hydrogen-bond acceptors (Lipinski definition) is 6. The van der Waals surface area contributed by atoms with Gasteiger partial charge in [0.1, 0.15) is 17.6 Å². The fraction of sp³-hybridized carbons (Fsp3) is 0.645. The molecule has 3 saturated heterocycles. The highest BCUT2D eigenvalue weighted by Crippen LogP contribution is 2.65. The van der Waals surface area contributed by atoms with E-state index in [2.05, 4.69) is 6.58 Å². The summed E-state index contributed by atoms with van der Waals surface area (Å²) in [5.74, 6) is -2.50.